The lowest BCUT2D eigenvalue weighted by Gasteiger charge is -2.17. The van der Waals surface area contributed by atoms with Gasteiger partial charge < -0.3 is 4.74 Å². The zero-order valence-corrected chi connectivity index (χ0v) is 17.3. The van der Waals surface area contributed by atoms with Crippen LogP contribution in [-0.4, -0.2) is 17.8 Å². The molecule has 152 valence electrons. The minimum atomic E-state index is -0.546. The second-order valence-electron chi connectivity index (χ2n) is 7.83. The average molecular weight is 442 g/mol. The SMILES string of the molecule is O=C(OCc1c(Cl)cccc1Cl)c1ccc(N2C(=O)C3C4C=CC(C4)C3C2=O)cc1. The number of halogens is 2. The number of fused-ring (bicyclic) bond motifs is 5. The van der Waals surface area contributed by atoms with E-state index in [1.54, 1.807) is 42.5 Å². The lowest BCUT2D eigenvalue weighted by molar-refractivity contribution is -0.123. The van der Waals surface area contributed by atoms with Gasteiger partial charge in [-0.3, -0.25) is 14.5 Å². The molecular weight excluding hydrogens is 425 g/mol. The van der Waals surface area contributed by atoms with Crippen molar-refractivity contribution in [1.29, 1.82) is 0 Å². The van der Waals surface area contributed by atoms with Gasteiger partial charge in [0.2, 0.25) is 11.8 Å². The molecule has 30 heavy (non-hydrogen) atoms. The first-order valence-electron chi connectivity index (χ1n) is 9.72. The van der Waals surface area contributed by atoms with Crippen LogP contribution in [0.4, 0.5) is 5.69 Å². The molecule has 2 aromatic rings. The summed E-state index contributed by atoms with van der Waals surface area (Å²) in [5, 5.41) is 0.844. The van der Waals surface area contributed by atoms with E-state index < -0.39 is 5.97 Å². The molecule has 1 heterocycles. The zero-order valence-electron chi connectivity index (χ0n) is 15.8. The van der Waals surface area contributed by atoms with Gasteiger partial charge in [0.1, 0.15) is 6.61 Å². The fraction of sp³-hybridized carbons (Fsp3) is 0.261. The van der Waals surface area contributed by atoms with Gasteiger partial charge >= 0.3 is 5.97 Å². The summed E-state index contributed by atoms with van der Waals surface area (Å²) in [6, 6.07) is 11.4. The topological polar surface area (TPSA) is 63.7 Å². The van der Waals surface area contributed by atoms with Crippen LogP contribution in [0.5, 0.6) is 0 Å². The van der Waals surface area contributed by atoms with Gasteiger partial charge in [0.15, 0.2) is 0 Å². The third-order valence-corrected chi connectivity index (χ3v) is 6.95. The Balaban J connectivity index is 1.30. The molecule has 2 amide bonds. The molecule has 0 radical (unpaired) electrons. The molecule has 1 saturated heterocycles. The highest BCUT2D eigenvalue weighted by atomic mass is 35.5. The van der Waals surface area contributed by atoms with Gasteiger partial charge in [-0.15, -0.1) is 0 Å². The molecule has 3 aliphatic rings. The van der Waals surface area contributed by atoms with E-state index in [0.29, 0.717) is 26.9 Å². The predicted molar refractivity (Wildman–Crippen MR) is 112 cm³/mol. The Bertz CT molecular complexity index is 1040. The van der Waals surface area contributed by atoms with Crippen LogP contribution in [-0.2, 0) is 20.9 Å². The van der Waals surface area contributed by atoms with E-state index in [2.05, 4.69) is 12.2 Å². The number of esters is 1. The Morgan fingerprint density at radius 3 is 2.07 bits per heavy atom. The molecule has 5 rings (SSSR count). The standard InChI is InChI=1S/C23H17Cl2NO4/c24-17-2-1-3-18(25)16(17)11-30-23(29)12-6-8-15(9-7-12)26-21(27)19-13-4-5-14(10-13)20(19)22(26)28/h1-9,13-14,19-20H,10-11H2. The van der Waals surface area contributed by atoms with Crippen molar-refractivity contribution < 1.29 is 19.1 Å². The normalized spacial score (nSPS) is 26.4. The van der Waals surface area contributed by atoms with Gasteiger partial charge in [0.05, 0.1) is 23.1 Å². The number of imide groups is 1. The highest BCUT2D eigenvalue weighted by Crippen LogP contribution is 2.53. The van der Waals surface area contributed by atoms with E-state index in [1.165, 1.54) is 4.90 Å². The van der Waals surface area contributed by atoms with Crippen LogP contribution < -0.4 is 4.90 Å². The number of hydrogen-bond donors (Lipinski definition) is 0. The molecule has 4 unspecified atom stereocenters. The number of rotatable bonds is 4. The highest BCUT2D eigenvalue weighted by molar-refractivity contribution is 6.36. The molecule has 4 atom stereocenters. The van der Waals surface area contributed by atoms with Gasteiger partial charge in [0.25, 0.3) is 0 Å². The van der Waals surface area contributed by atoms with Crippen LogP contribution in [0.15, 0.2) is 54.6 Å². The van der Waals surface area contributed by atoms with Crippen LogP contribution >= 0.6 is 23.2 Å². The quantitative estimate of drug-likeness (QED) is 0.393. The number of amides is 2. The maximum Gasteiger partial charge on any atom is 0.338 e. The molecule has 1 saturated carbocycles. The van der Waals surface area contributed by atoms with Gasteiger partial charge in [-0.2, -0.15) is 0 Å². The van der Waals surface area contributed by atoms with Crippen LogP contribution in [0.3, 0.4) is 0 Å². The summed E-state index contributed by atoms with van der Waals surface area (Å²) in [4.78, 5) is 39.4. The van der Waals surface area contributed by atoms with E-state index in [1.807, 2.05) is 0 Å². The molecule has 2 bridgehead atoms. The van der Waals surface area contributed by atoms with E-state index in [-0.39, 0.29) is 42.1 Å². The van der Waals surface area contributed by atoms with Gasteiger partial charge in [-0.25, -0.2) is 4.79 Å². The molecule has 2 aromatic carbocycles. The molecule has 0 N–H and O–H groups in total. The molecule has 1 aliphatic heterocycles. The molecule has 0 aromatic heterocycles. The monoisotopic (exact) mass is 441 g/mol. The Labute approximate surface area is 183 Å². The van der Waals surface area contributed by atoms with E-state index in [4.69, 9.17) is 27.9 Å². The number of benzene rings is 2. The number of allylic oxidation sites excluding steroid dienone is 2. The van der Waals surface area contributed by atoms with Crippen LogP contribution in [0.25, 0.3) is 0 Å². The summed E-state index contributed by atoms with van der Waals surface area (Å²) in [6.07, 6.45) is 5.01. The third-order valence-electron chi connectivity index (χ3n) is 6.24. The first kappa shape index (κ1) is 19.3. The molecular formula is C23H17Cl2NO4. The number of anilines is 1. The number of ether oxygens (including phenoxy) is 1. The Morgan fingerprint density at radius 2 is 1.50 bits per heavy atom. The Morgan fingerprint density at radius 1 is 0.933 bits per heavy atom. The summed E-state index contributed by atoms with van der Waals surface area (Å²) in [7, 11) is 0. The first-order chi connectivity index (χ1) is 14.5. The van der Waals surface area contributed by atoms with Crippen LogP contribution in [0, 0.1) is 23.7 Å². The lowest BCUT2D eigenvalue weighted by Crippen LogP contribution is -2.32. The Kier molecular flexibility index (Phi) is 4.68. The summed E-state index contributed by atoms with van der Waals surface area (Å²) >= 11 is 12.2. The lowest BCUT2D eigenvalue weighted by atomic mass is 9.85. The van der Waals surface area contributed by atoms with E-state index in [9.17, 15) is 14.4 Å². The van der Waals surface area contributed by atoms with Crippen LogP contribution in [0.2, 0.25) is 10.0 Å². The van der Waals surface area contributed by atoms with Crippen molar-refractivity contribution in [3.8, 4) is 0 Å². The number of hydrogen-bond acceptors (Lipinski definition) is 4. The van der Waals surface area contributed by atoms with Crippen molar-refractivity contribution >= 4 is 46.7 Å². The maximum absolute atomic E-state index is 12.9. The summed E-state index contributed by atoms with van der Waals surface area (Å²) < 4.78 is 5.32. The fourth-order valence-electron chi connectivity index (χ4n) is 4.79. The maximum atomic E-state index is 12.9. The van der Waals surface area contributed by atoms with Crippen molar-refractivity contribution in [1.82, 2.24) is 0 Å². The van der Waals surface area contributed by atoms with Gasteiger partial charge in [-0.1, -0.05) is 41.4 Å². The smallest absolute Gasteiger partial charge is 0.338 e. The van der Waals surface area contributed by atoms with Gasteiger partial charge in [0, 0.05) is 15.6 Å². The van der Waals surface area contributed by atoms with Crippen molar-refractivity contribution in [2.75, 3.05) is 4.90 Å². The average Bonchev–Trinajstić information content (AvgIpc) is 3.41. The predicted octanol–water partition coefficient (Wildman–Crippen LogP) is 4.66. The zero-order chi connectivity index (χ0) is 21.0. The van der Waals surface area contributed by atoms with Crippen molar-refractivity contribution in [3.63, 3.8) is 0 Å². The number of carbonyl (C=O) groups excluding carboxylic acids is 3. The largest absolute Gasteiger partial charge is 0.457 e. The second kappa shape index (κ2) is 7.25. The summed E-state index contributed by atoms with van der Waals surface area (Å²) in [6.45, 7) is -0.0542. The molecule has 5 nitrogen and oxygen atoms in total. The number of carbonyl (C=O) groups is 3. The molecule has 7 heteroatoms. The highest BCUT2D eigenvalue weighted by Gasteiger charge is 2.59. The summed E-state index contributed by atoms with van der Waals surface area (Å²) in [5.41, 5.74) is 1.32. The van der Waals surface area contributed by atoms with E-state index >= 15 is 0 Å². The summed E-state index contributed by atoms with van der Waals surface area (Å²) in [5.74, 6) is -1.03. The fourth-order valence-corrected chi connectivity index (χ4v) is 5.30. The molecule has 2 fully saturated rings. The van der Waals surface area contributed by atoms with Crippen LogP contribution in [0.1, 0.15) is 22.3 Å². The second-order valence-corrected chi connectivity index (χ2v) is 8.65. The third kappa shape index (κ3) is 2.96. The minimum absolute atomic E-state index is 0.0542. The van der Waals surface area contributed by atoms with Gasteiger partial charge in [-0.05, 0) is 54.7 Å². The first-order valence-corrected chi connectivity index (χ1v) is 10.5. The molecule has 2 aliphatic carbocycles. The van der Waals surface area contributed by atoms with Crippen molar-refractivity contribution in [3.05, 3.63) is 75.8 Å². The number of nitrogens with zero attached hydrogens (tertiary/aromatic N) is 1. The molecule has 0 spiro atoms. The Hall–Kier alpha value is -2.63. The van der Waals surface area contributed by atoms with Crippen molar-refractivity contribution in [2.45, 2.75) is 13.0 Å². The van der Waals surface area contributed by atoms with E-state index in [0.717, 1.165) is 6.42 Å². The minimum Gasteiger partial charge on any atom is -0.457 e. The van der Waals surface area contributed by atoms with Crippen molar-refractivity contribution in [2.24, 2.45) is 23.7 Å².